The smallest absolute Gasteiger partial charge is 0.248 e. The van der Waals surface area contributed by atoms with E-state index >= 15 is 0 Å². The molecule has 0 aliphatic carbocycles. The highest BCUT2D eigenvalue weighted by atomic mass is 19.1. The van der Waals surface area contributed by atoms with Gasteiger partial charge in [0.2, 0.25) is 17.7 Å². The predicted octanol–water partition coefficient (Wildman–Crippen LogP) is 4.33. The summed E-state index contributed by atoms with van der Waals surface area (Å²) in [5.41, 5.74) is 2.06. The summed E-state index contributed by atoms with van der Waals surface area (Å²) in [5.74, 6) is 0.167. The first-order valence-corrected chi connectivity index (χ1v) is 13.7. The molecule has 2 aromatic carbocycles. The van der Waals surface area contributed by atoms with Crippen LogP contribution in [0.15, 0.2) is 79.3 Å². The Morgan fingerprint density at radius 1 is 1.02 bits per heavy atom. The minimum atomic E-state index is -0.875. The molecule has 11 heteroatoms. The van der Waals surface area contributed by atoms with E-state index in [1.807, 2.05) is 18.2 Å². The van der Waals surface area contributed by atoms with E-state index in [-0.39, 0.29) is 30.0 Å². The number of aromatic amines is 1. The zero-order valence-corrected chi connectivity index (χ0v) is 23.0. The van der Waals surface area contributed by atoms with Crippen molar-refractivity contribution in [2.75, 3.05) is 18.4 Å². The summed E-state index contributed by atoms with van der Waals surface area (Å²) in [6.07, 6.45) is 4.48. The number of carbonyl (C=O) groups excluding carboxylic acids is 3. The lowest BCUT2D eigenvalue weighted by atomic mass is 9.95. The summed E-state index contributed by atoms with van der Waals surface area (Å²) in [7, 11) is 0. The number of H-pyrrole nitrogens is 1. The molecule has 1 fully saturated rings. The summed E-state index contributed by atoms with van der Waals surface area (Å²) in [4.78, 5) is 51.5. The number of hydrogen-bond donors (Lipinski definition) is 3. The number of rotatable bonds is 9. The Bertz CT molecular complexity index is 1520. The van der Waals surface area contributed by atoms with Gasteiger partial charge < -0.3 is 25.3 Å². The van der Waals surface area contributed by atoms with Crippen LogP contribution in [0.4, 0.5) is 10.2 Å². The maximum atomic E-state index is 13.4. The van der Waals surface area contributed by atoms with E-state index in [9.17, 15) is 18.8 Å². The number of halogens is 1. The zero-order chi connectivity index (χ0) is 29.5. The second-order valence-corrected chi connectivity index (χ2v) is 10.1. The Kier molecular flexibility index (Phi) is 8.86. The fourth-order valence-corrected chi connectivity index (χ4v) is 4.78. The number of ether oxygens (including phenoxy) is 1. The summed E-state index contributed by atoms with van der Waals surface area (Å²) in [6.45, 7) is 2.55. The van der Waals surface area contributed by atoms with E-state index in [0.717, 1.165) is 5.56 Å². The number of carbonyl (C=O) groups is 3. The standard InChI is InChI=1S/C31H31FN6O4/c1-20(39)38-15-13-22(14-16-38)30(40)36-28(17-24-18-33-19-34-24)31(41)37-29-4-2-3-27(35-29)21-5-9-25(10-6-21)42-26-11-7-23(32)8-12-26/h2-12,18-19,22,28H,13-17H2,1H3,(H,33,34)(H,36,40)(H,35,37,41). The molecule has 1 unspecified atom stereocenters. The van der Waals surface area contributed by atoms with Gasteiger partial charge in [0, 0.05) is 44.1 Å². The number of nitrogens with one attached hydrogen (secondary N) is 3. The molecule has 2 aromatic heterocycles. The molecule has 0 bridgehead atoms. The van der Waals surface area contributed by atoms with Crippen molar-refractivity contribution in [3.8, 4) is 22.8 Å². The lowest BCUT2D eigenvalue weighted by Gasteiger charge is -2.31. The van der Waals surface area contributed by atoms with E-state index in [1.165, 1.54) is 25.4 Å². The van der Waals surface area contributed by atoms with Crippen LogP contribution < -0.4 is 15.4 Å². The van der Waals surface area contributed by atoms with Crippen LogP contribution in [0.5, 0.6) is 11.5 Å². The second kappa shape index (κ2) is 13.1. The Hall–Kier alpha value is -5.06. The fourth-order valence-electron chi connectivity index (χ4n) is 4.78. The maximum absolute atomic E-state index is 13.4. The summed E-state index contributed by atoms with van der Waals surface area (Å²) in [5, 5.41) is 5.73. The molecular weight excluding hydrogens is 539 g/mol. The molecule has 1 atom stereocenters. The third-order valence-corrected chi connectivity index (χ3v) is 7.11. The van der Waals surface area contributed by atoms with Crippen LogP contribution in [0.2, 0.25) is 0 Å². The lowest BCUT2D eigenvalue weighted by molar-refractivity contribution is -0.134. The lowest BCUT2D eigenvalue weighted by Crippen LogP contribution is -2.49. The minimum Gasteiger partial charge on any atom is -0.457 e. The molecule has 42 heavy (non-hydrogen) atoms. The molecular formula is C31H31FN6O4. The molecule has 3 N–H and O–H groups in total. The number of benzene rings is 2. The molecule has 3 heterocycles. The van der Waals surface area contributed by atoms with E-state index in [0.29, 0.717) is 54.6 Å². The Balaban J connectivity index is 1.24. The summed E-state index contributed by atoms with van der Waals surface area (Å²) >= 11 is 0. The van der Waals surface area contributed by atoms with Crippen molar-refractivity contribution in [1.82, 2.24) is 25.2 Å². The van der Waals surface area contributed by atoms with Gasteiger partial charge in [-0.25, -0.2) is 14.4 Å². The number of pyridine rings is 1. The van der Waals surface area contributed by atoms with Crippen LogP contribution in [0.1, 0.15) is 25.5 Å². The van der Waals surface area contributed by atoms with Crippen molar-refractivity contribution < 1.29 is 23.5 Å². The van der Waals surface area contributed by atoms with Crippen molar-refractivity contribution in [2.45, 2.75) is 32.2 Å². The van der Waals surface area contributed by atoms with Gasteiger partial charge in [-0.3, -0.25) is 14.4 Å². The number of anilines is 1. The number of imidazole rings is 1. The minimum absolute atomic E-state index is 0.00588. The topological polar surface area (TPSA) is 129 Å². The van der Waals surface area contributed by atoms with Crippen LogP contribution in [0.25, 0.3) is 11.3 Å². The highest BCUT2D eigenvalue weighted by Gasteiger charge is 2.30. The van der Waals surface area contributed by atoms with Gasteiger partial charge in [-0.05, 0) is 73.5 Å². The second-order valence-electron chi connectivity index (χ2n) is 10.1. The Morgan fingerprint density at radius 3 is 2.36 bits per heavy atom. The molecule has 0 spiro atoms. The Morgan fingerprint density at radius 2 is 1.71 bits per heavy atom. The molecule has 0 saturated carbocycles. The van der Waals surface area contributed by atoms with Crippen molar-refractivity contribution in [1.29, 1.82) is 0 Å². The largest absolute Gasteiger partial charge is 0.457 e. The van der Waals surface area contributed by atoms with Gasteiger partial charge in [-0.1, -0.05) is 6.07 Å². The van der Waals surface area contributed by atoms with Gasteiger partial charge >= 0.3 is 0 Å². The molecule has 5 rings (SSSR count). The molecule has 3 amide bonds. The fraction of sp³-hybridized carbons (Fsp3) is 0.258. The SMILES string of the molecule is CC(=O)N1CCC(C(=O)NC(Cc2c[nH]cn2)C(=O)Nc2cccc(-c3ccc(Oc4ccc(F)cc4)cc3)n2)CC1. The molecule has 1 aliphatic heterocycles. The average molecular weight is 571 g/mol. The van der Waals surface area contributed by atoms with Gasteiger partial charge in [0.25, 0.3) is 0 Å². The van der Waals surface area contributed by atoms with Crippen LogP contribution >= 0.6 is 0 Å². The van der Waals surface area contributed by atoms with Gasteiger partial charge in [-0.15, -0.1) is 0 Å². The zero-order valence-electron chi connectivity index (χ0n) is 23.0. The van der Waals surface area contributed by atoms with E-state index in [2.05, 4.69) is 25.6 Å². The predicted molar refractivity (Wildman–Crippen MR) is 154 cm³/mol. The number of amides is 3. The maximum Gasteiger partial charge on any atom is 0.248 e. The first kappa shape index (κ1) is 28.5. The van der Waals surface area contributed by atoms with Gasteiger partial charge in [-0.2, -0.15) is 0 Å². The Labute approximate surface area is 242 Å². The van der Waals surface area contributed by atoms with Crippen molar-refractivity contribution >= 4 is 23.5 Å². The summed E-state index contributed by atoms with van der Waals surface area (Å²) in [6, 6.07) is 17.4. The highest BCUT2D eigenvalue weighted by Crippen LogP contribution is 2.26. The molecule has 1 aliphatic rings. The molecule has 4 aromatic rings. The number of likely N-dealkylation sites (tertiary alicyclic amines) is 1. The van der Waals surface area contributed by atoms with Crippen molar-refractivity contribution in [2.24, 2.45) is 5.92 Å². The van der Waals surface area contributed by atoms with E-state index in [1.54, 1.807) is 47.5 Å². The van der Waals surface area contributed by atoms with Crippen molar-refractivity contribution in [3.05, 3.63) is 90.8 Å². The van der Waals surface area contributed by atoms with Gasteiger partial charge in [0.15, 0.2) is 0 Å². The van der Waals surface area contributed by atoms with Crippen LogP contribution in [-0.4, -0.2) is 56.7 Å². The molecule has 1 saturated heterocycles. The van der Waals surface area contributed by atoms with E-state index in [4.69, 9.17) is 4.74 Å². The van der Waals surface area contributed by atoms with Gasteiger partial charge in [0.05, 0.1) is 17.7 Å². The monoisotopic (exact) mass is 570 g/mol. The summed E-state index contributed by atoms with van der Waals surface area (Å²) < 4.78 is 18.9. The van der Waals surface area contributed by atoms with Crippen LogP contribution in [0.3, 0.4) is 0 Å². The first-order chi connectivity index (χ1) is 20.3. The average Bonchev–Trinajstić information content (AvgIpc) is 3.52. The van der Waals surface area contributed by atoms with Gasteiger partial charge in [0.1, 0.15) is 29.2 Å². The third kappa shape index (κ3) is 7.36. The normalized spacial score (nSPS) is 14.2. The number of aromatic nitrogens is 3. The van der Waals surface area contributed by atoms with Crippen LogP contribution in [0, 0.1) is 11.7 Å². The molecule has 10 nitrogen and oxygen atoms in total. The highest BCUT2D eigenvalue weighted by molar-refractivity contribution is 5.97. The van der Waals surface area contributed by atoms with Crippen molar-refractivity contribution in [3.63, 3.8) is 0 Å². The first-order valence-electron chi connectivity index (χ1n) is 13.7. The number of hydrogen-bond acceptors (Lipinski definition) is 6. The van der Waals surface area contributed by atoms with E-state index < -0.39 is 11.9 Å². The molecule has 0 radical (unpaired) electrons. The quantitative estimate of drug-likeness (QED) is 0.275. The third-order valence-electron chi connectivity index (χ3n) is 7.11. The molecule has 216 valence electrons. The number of nitrogens with zero attached hydrogens (tertiary/aromatic N) is 3. The number of piperidine rings is 1. The van der Waals surface area contributed by atoms with Crippen LogP contribution in [-0.2, 0) is 20.8 Å².